The molecule has 0 N–H and O–H groups in total. The molecule has 0 radical (unpaired) electrons. The average molecular weight is 301 g/mol. The van der Waals surface area contributed by atoms with Gasteiger partial charge in [-0.2, -0.15) is 0 Å². The van der Waals surface area contributed by atoms with Gasteiger partial charge in [0.25, 0.3) is 0 Å². The van der Waals surface area contributed by atoms with Crippen molar-refractivity contribution in [1.82, 2.24) is 4.90 Å². The molecule has 3 rings (SSSR count). The maximum absolute atomic E-state index is 12.9. The largest absolute Gasteiger partial charge is 0.371 e. The van der Waals surface area contributed by atoms with Crippen molar-refractivity contribution in [2.24, 2.45) is 5.92 Å². The van der Waals surface area contributed by atoms with Crippen LogP contribution in [-0.2, 0) is 9.59 Å². The fourth-order valence-electron chi connectivity index (χ4n) is 3.40. The van der Waals surface area contributed by atoms with Crippen molar-refractivity contribution < 1.29 is 9.59 Å². The number of para-hydroxylation sites is 2. The number of carbonyl (C=O) groups excluding carboxylic acids is 2. The number of amides is 2. The molecule has 0 atom stereocenters. The van der Waals surface area contributed by atoms with E-state index in [1.165, 1.54) is 0 Å². The van der Waals surface area contributed by atoms with E-state index in [-0.39, 0.29) is 17.7 Å². The van der Waals surface area contributed by atoms with Crippen LogP contribution in [0.1, 0.15) is 19.8 Å². The summed E-state index contributed by atoms with van der Waals surface area (Å²) in [6.45, 7) is 4.58. The van der Waals surface area contributed by atoms with Crippen molar-refractivity contribution in [3.63, 3.8) is 0 Å². The van der Waals surface area contributed by atoms with Crippen LogP contribution < -0.4 is 9.80 Å². The van der Waals surface area contributed by atoms with Crippen LogP contribution in [0.5, 0.6) is 0 Å². The van der Waals surface area contributed by atoms with Crippen molar-refractivity contribution in [1.29, 1.82) is 0 Å². The zero-order chi connectivity index (χ0) is 15.7. The Kier molecular flexibility index (Phi) is 4.05. The standard InChI is InChI=1S/C17H23N3O2/c1-13(21)19-9-7-14(8-10-19)17(22)20-12-11-18(2)15-5-3-4-6-16(15)20/h3-6,14H,7-12H2,1-2H3. The highest BCUT2D eigenvalue weighted by Gasteiger charge is 2.32. The van der Waals surface area contributed by atoms with Gasteiger partial charge in [-0.3, -0.25) is 9.59 Å². The van der Waals surface area contributed by atoms with Crippen molar-refractivity contribution >= 4 is 23.2 Å². The number of carbonyl (C=O) groups is 2. The molecule has 5 nitrogen and oxygen atoms in total. The second-order valence-electron chi connectivity index (χ2n) is 6.18. The van der Waals surface area contributed by atoms with Gasteiger partial charge in [-0.1, -0.05) is 12.1 Å². The molecule has 1 fully saturated rings. The molecule has 2 aliphatic heterocycles. The predicted molar refractivity (Wildman–Crippen MR) is 87.0 cm³/mol. The Morgan fingerprint density at radius 3 is 2.27 bits per heavy atom. The zero-order valence-corrected chi connectivity index (χ0v) is 13.3. The van der Waals surface area contributed by atoms with Crippen molar-refractivity contribution in [2.45, 2.75) is 19.8 Å². The molecule has 1 aromatic carbocycles. The highest BCUT2D eigenvalue weighted by Crippen LogP contribution is 2.33. The average Bonchev–Trinajstić information content (AvgIpc) is 2.55. The van der Waals surface area contributed by atoms with Gasteiger partial charge in [-0.05, 0) is 25.0 Å². The number of rotatable bonds is 1. The van der Waals surface area contributed by atoms with Gasteiger partial charge in [0.1, 0.15) is 0 Å². The van der Waals surface area contributed by atoms with Crippen molar-refractivity contribution in [2.75, 3.05) is 43.0 Å². The Balaban J connectivity index is 1.74. The molecule has 2 heterocycles. The van der Waals surface area contributed by atoms with Crippen LogP contribution in [0.25, 0.3) is 0 Å². The van der Waals surface area contributed by atoms with Crippen molar-refractivity contribution in [3.8, 4) is 0 Å². The highest BCUT2D eigenvalue weighted by molar-refractivity contribution is 5.99. The Hall–Kier alpha value is -2.04. The van der Waals surface area contributed by atoms with Crippen LogP contribution in [0.4, 0.5) is 11.4 Å². The number of anilines is 2. The lowest BCUT2D eigenvalue weighted by molar-refractivity contribution is -0.133. The van der Waals surface area contributed by atoms with Gasteiger partial charge in [0.2, 0.25) is 11.8 Å². The summed E-state index contributed by atoms with van der Waals surface area (Å²) in [4.78, 5) is 30.3. The van der Waals surface area contributed by atoms with Gasteiger partial charge >= 0.3 is 0 Å². The van der Waals surface area contributed by atoms with Crippen LogP contribution >= 0.6 is 0 Å². The maximum Gasteiger partial charge on any atom is 0.230 e. The summed E-state index contributed by atoms with van der Waals surface area (Å²) < 4.78 is 0. The first-order valence-corrected chi connectivity index (χ1v) is 7.95. The quantitative estimate of drug-likeness (QED) is 0.793. The molecule has 0 saturated carbocycles. The van der Waals surface area contributed by atoms with E-state index in [0.29, 0.717) is 13.1 Å². The monoisotopic (exact) mass is 301 g/mol. The molecular weight excluding hydrogens is 278 g/mol. The van der Waals surface area contributed by atoms with Gasteiger partial charge in [-0.25, -0.2) is 0 Å². The second-order valence-corrected chi connectivity index (χ2v) is 6.18. The predicted octanol–water partition coefficient (Wildman–Crippen LogP) is 1.73. The van der Waals surface area contributed by atoms with Gasteiger partial charge in [0.05, 0.1) is 11.4 Å². The number of nitrogens with zero attached hydrogens (tertiary/aromatic N) is 3. The Bertz CT molecular complexity index is 579. The fourth-order valence-corrected chi connectivity index (χ4v) is 3.40. The number of hydrogen-bond acceptors (Lipinski definition) is 3. The molecule has 2 amide bonds. The first kappa shape index (κ1) is 14.9. The summed E-state index contributed by atoms with van der Waals surface area (Å²) in [6.07, 6.45) is 1.54. The molecule has 2 aliphatic rings. The van der Waals surface area contributed by atoms with Crippen LogP contribution in [0.3, 0.4) is 0 Å². The van der Waals surface area contributed by atoms with Crippen LogP contribution in [0.15, 0.2) is 24.3 Å². The lowest BCUT2D eigenvalue weighted by Gasteiger charge is -2.39. The topological polar surface area (TPSA) is 43.9 Å². The van der Waals surface area contributed by atoms with Crippen LogP contribution in [0, 0.1) is 5.92 Å². The summed E-state index contributed by atoms with van der Waals surface area (Å²) in [6, 6.07) is 8.08. The lowest BCUT2D eigenvalue weighted by Crippen LogP contribution is -2.48. The SMILES string of the molecule is CC(=O)N1CCC(C(=O)N2CCN(C)c3ccccc32)CC1. The van der Waals surface area contributed by atoms with Crippen molar-refractivity contribution in [3.05, 3.63) is 24.3 Å². The van der Waals surface area contributed by atoms with Gasteiger partial charge in [0, 0.05) is 46.1 Å². The molecule has 0 aromatic heterocycles. The molecular formula is C17H23N3O2. The number of piperidine rings is 1. The molecule has 0 bridgehead atoms. The third kappa shape index (κ3) is 2.67. The third-order valence-corrected chi connectivity index (χ3v) is 4.80. The minimum absolute atomic E-state index is 0.0343. The molecule has 0 unspecified atom stereocenters. The highest BCUT2D eigenvalue weighted by atomic mass is 16.2. The van der Waals surface area contributed by atoms with Crippen LogP contribution in [-0.4, -0.2) is 49.9 Å². The zero-order valence-electron chi connectivity index (χ0n) is 13.3. The van der Waals surface area contributed by atoms with E-state index >= 15 is 0 Å². The van der Waals surface area contributed by atoms with E-state index in [9.17, 15) is 9.59 Å². The van der Waals surface area contributed by atoms with E-state index < -0.39 is 0 Å². The number of likely N-dealkylation sites (N-methyl/N-ethyl adjacent to an activating group) is 1. The third-order valence-electron chi connectivity index (χ3n) is 4.80. The van der Waals surface area contributed by atoms with E-state index in [1.54, 1.807) is 6.92 Å². The minimum atomic E-state index is 0.0343. The van der Waals surface area contributed by atoms with E-state index in [0.717, 1.165) is 37.3 Å². The van der Waals surface area contributed by atoms with Gasteiger partial charge in [0.15, 0.2) is 0 Å². The molecule has 1 saturated heterocycles. The number of benzene rings is 1. The van der Waals surface area contributed by atoms with E-state index in [1.807, 2.05) is 28.0 Å². The molecule has 5 heteroatoms. The summed E-state index contributed by atoms with van der Waals surface area (Å²) in [5.74, 6) is 0.353. The van der Waals surface area contributed by atoms with Gasteiger partial charge in [-0.15, -0.1) is 0 Å². The molecule has 118 valence electrons. The number of fused-ring (bicyclic) bond motifs is 1. The Morgan fingerprint density at radius 1 is 1.00 bits per heavy atom. The second kappa shape index (κ2) is 5.99. The van der Waals surface area contributed by atoms with Gasteiger partial charge < -0.3 is 14.7 Å². The lowest BCUT2D eigenvalue weighted by atomic mass is 9.94. The maximum atomic E-state index is 12.9. The fraction of sp³-hybridized carbons (Fsp3) is 0.529. The number of likely N-dealkylation sites (tertiary alicyclic amines) is 1. The first-order valence-electron chi connectivity index (χ1n) is 7.95. The summed E-state index contributed by atoms with van der Waals surface area (Å²) in [5, 5.41) is 0. The smallest absolute Gasteiger partial charge is 0.230 e. The molecule has 0 aliphatic carbocycles. The summed E-state index contributed by atoms with van der Waals surface area (Å²) in [5.41, 5.74) is 2.12. The minimum Gasteiger partial charge on any atom is -0.371 e. The summed E-state index contributed by atoms with van der Waals surface area (Å²) >= 11 is 0. The van der Waals surface area contributed by atoms with E-state index in [4.69, 9.17) is 0 Å². The Labute approximate surface area is 131 Å². The molecule has 1 aromatic rings. The van der Waals surface area contributed by atoms with E-state index in [2.05, 4.69) is 18.0 Å². The molecule has 22 heavy (non-hydrogen) atoms. The number of hydrogen-bond donors (Lipinski definition) is 0. The normalized spacial score (nSPS) is 19.1. The first-order chi connectivity index (χ1) is 10.6. The Morgan fingerprint density at radius 2 is 1.64 bits per heavy atom. The van der Waals surface area contributed by atoms with Crippen LogP contribution in [0.2, 0.25) is 0 Å². The summed E-state index contributed by atoms with van der Waals surface area (Å²) in [7, 11) is 2.06. The molecule has 0 spiro atoms.